The number of benzene rings is 2. The third-order valence-corrected chi connectivity index (χ3v) is 6.66. The first-order valence-corrected chi connectivity index (χ1v) is 12.6. The Balaban J connectivity index is 1.67. The average Bonchev–Trinajstić information content (AvgIpc) is 2.77. The van der Waals surface area contributed by atoms with Crippen LogP contribution in [0.5, 0.6) is 0 Å². The van der Waals surface area contributed by atoms with Crippen LogP contribution in [-0.4, -0.2) is 35.1 Å². The Morgan fingerprint density at radius 3 is 2.32 bits per heavy atom. The predicted molar refractivity (Wildman–Crippen MR) is 137 cm³/mol. The van der Waals surface area contributed by atoms with Crippen molar-refractivity contribution in [3.63, 3.8) is 0 Å². The molecule has 1 fully saturated rings. The van der Waals surface area contributed by atoms with E-state index in [1.54, 1.807) is 6.92 Å². The number of amides is 2. The van der Waals surface area contributed by atoms with Crippen molar-refractivity contribution in [2.45, 2.75) is 77.5 Å². The number of ether oxygens (including phenoxy) is 1. The molecule has 0 spiro atoms. The van der Waals surface area contributed by atoms with Crippen molar-refractivity contribution >= 4 is 23.6 Å². The third-order valence-electron chi connectivity index (χ3n) is 6.42. The number of carbonyl (C=O) groups is 2. The molecule has 0 radical (unpaired) electrons. The molecule has 0 saturated heterocycles. The molecule has 0 heterocycles. The van der Waals surface area contributed by atoms with Gasteiger partial charge in [-0.15, -0.1) is 0 Å². The topological polar surface area (TPSA) is 58.6 Å². The molecule has 1 unspecified atom stereocenters. The number of hydrogen-bond acceptors (Lipinski definition) is 3. The van der Waals surface area contributed by atoms with Crippen molar-refractivity contribution in [1.82, 2.24) is 10.2 Å². The first-order chi connectivity index (χ1) is 16.1. The third kappa shape index (κ3) is 7.76. The van der Waals surface area contributed by atoms with E-state index >= 15 is 0 Å². The second-order valence-corrected chi connectivity index (χ2v) is 10.6. The molecule has 34 heavy (non-hydrogen) atoms. The van der Waals surface area contributed by atoms with Crippen molar-refractivity contribution in [3.05, 3.63) is 70.7 Å². The van der Waals surface area contributed by atoms with Crippen LogP contribution in [0, 0.1) is 5.92 Å². The molecule has 1 atom stereocenters. The van der Waals surface area contributed by atoms with Crippen LogP contribution in [0.15, 0.2) is 54.6 Å². The molecule has 2 aromatic carbocycles. The zero-order chi connectivity index (χ0) is 24.7. The van der Waals surface area contributed by atoms with E-state index in [0.29, 0.717) is 5.02 Å². The van der Waals surface area contributed by atoms with Gasteiger partial charge in [0.25, 0.3) is 0 Å². The van der Waals surface area contributed by atoms with Gasteiger partial charge >= 0.3 is 6.09 Å². The van der Waals surface area contributed by atoms with Crippen molar-refractivity contribution in [3.8, 4) is 0 Å². The lowest BCUT2D eigenvalue weighted by atomic mass is 9.78. The van der Waals surface area contributed by atoms with Crippen LogP contribution >= 0.6 is 11.6 Å². The second-order valence-electron chi connectivity index (χ2n) is 10.2. The summed E-state index contributed by atoms with van der Waals surface area (Å²) in [5, 5.41) is 3.74. The van der Waals surface area contributed by atoms with Crippen molar-refractivity contribution in [1.29, 1.82) is 0 Å². The molecule has 1 saturated carbocycles. The smallest absolute Gasteiger partial charge is 0.408 e. The minimum absolute atomic E-state index is 0.123. The van der Waals surface area contributed by atoms with Crippen LogP contribution < -0.4 is 5.32 Å². The van der Waals surface area contributed by atoms with Gasteiger partial charge in [0.05, 0.1) is 6.04 Å². The van der Waals surface area contributed by atoms with E-state index in [0.717, 1.165) is 44.2 Å². The first-order valence-electron chi connectivity index (χ1n) is 12.2. The quantitative estimate of drug-likeness (QED) is 0.484. The van der Waals surface area contributed by atoms with E-state index in [2.05, 4.69) is 17.4 Å². The van der Waals surface area contributed by atoms with Crippen LogP contribution in [0.2, 0.25) is 5.02 Å². The number of halogens is 1. The Morgan fingerprint density at radius 2 is 1.74 bits per heavy atom. The summed E-state index contributed by atoms with van der Waals surface area (Å²) in [5.41, 5.74) is 1.65. The number of carbonyl (C=O) groups excluding carboxylic acids is 2. The summed E-state index contributed by atoms with van der Waals surface area (Å²) in [6.45, 7) is 7.96. The minimum atomic E-state index is -0.568. The highest BCUT2D eigenvalue weighted by Gasteiger charge is 2.33. The lowest BCUT2D eigenvalue weighted by Crippen LogP contribution is -2.44. The highest BCUT2D eigenvalue weighted by atomic mass is 35.5. The predicted octanol–water partition coefficient (Wildman–Crippen LogP) is 6.56. The number of nitrogens with one attached hydrogen (secondary N) is 1. The first kappa shape index (κ1) is 26.1. The monoisotopic (exact) mass is 484 g/mol. The van der Waals surface area contributed by atoms with Crippen LogP contribution in [0.3, 0.4) is 0 Å². The second kappa shape index (κ2) is 11.7. The fraction of sp³-hybridized carbons (Fsp3) is 0.500. The standard InChI is InChI=1S/C28H37ClN2O3/c1-20(32)31(18-17-21-9-6-5-7-10-21)25-15-13-22(14-16-25)26(23-11-8-12-24(29)19-23)30-27(33)34-28(2,3)4/h5-12,19,22,25-26H,13-18H2,1-4H3,(H,30,33). The van der Waals surface area contributed by atoms with Gasteiger partial charge in [-0.05, 0) is 82.1 Å². The molecule has 0 bridgehead atoms. The Hall–Kier alpha value is -2.53. The van der Waals surface area contributed by atoms with Crippen molar-refractivity contribution in [2.75, 3.05) is 6.54 Å². The summed E-state index contributed by atoms with van der Waals surface area (Å²) in [5.74, 6) is 0.364. The van der Waals surface area contributed by atoms with E-state index < -0.39 is 11.7 Å². The lowest BCUT2D eigenvalue weighted by Gasteiger charge is -2.39. The maximum absolute atomic E-state index is 12.6. The van der Waals surface area contributed by atoms with Crippen molar-refractivity contribution < 1.29 is 14.3 Å². The summed E-state index contributed by atoms with van der Waals surface area (Å²) < 4.78 is 5.54. The van der Waals surface area contributed by atoms with Crippen LogP contribution in [0.1, 0.15) is 70.5 Å². The molecule has 2 aromatic rings. The molecule has 0 aliphatic heterocycles. The molecule has 2 amide bonds. The molecule has 6 heteroatoms. The van der Waals surface area contributed by atoms with E-state index in [1.807, 2.05) is 68.1 Å². The number of hydrogen-bond donors (Lipinski definition) is 1. The Bertz CT molecular complexity index is 950. The van der Waals surface area contributed by atoms with E-state index in [-0.39, 0.29) is 23.9 Å². The number of nitrogens with zero attached hydrogens (tertiary/aromatic N) is 1. The van der Waals surface area contributed by atoms with E-state index in [1.165, 1.54) is 5.56 Å². The van der Waals surface area contributed by atoms with Gasteiger partial charge in [0, 0.05) is 24.5 Å². The molecule has 5 nitrogen and oxygen atoms in total. The number of alkyl carbamates (subject to hydrolysis) is 1. The zero-order valence-electron chi connectivity index (χ0n) is 20.7. The minimum Gasteiger partial charge on any atom is -0.444 e. The van der Waals surface area contributed by atoms with Gasteiger partial charge in [0.1, 0.15) is 5.60 Å². The largest absolute Gasteiger partial charge is 0.444 e. The molecular weight excluding hydrogens is 448 g/mol. The summed E-state index contributed by atoms with van der Waals surface area (Å²) in [6.07, 6.45) is 4.07. The lowest BCUT2D eigenvalue weighted by molar-refractivity contribution is -0.132. The summed E-state index contributed by atoms with van der Waals surface area (Å²) >= 11 is 6.27. The normalized spacial score (nSPS) is 19.2. The molecule has 0 aromatic heterocycles. The fourth-order valence-corrected chi connectivity index (χ4v) is 5.04. The number of rotatable bonds is 7. The van der Waals surface area contributed by atoms with Gasteiger partial charge in [0.15, 0.2) is 0 Å². The van der Waals surface area contributed by atoms with Crippen LogP contribution in [0.4, 0.5) is 4.79 Å². The Labute approximate surface area is 208 Å². The molecule has 1 aliphatic rings. The maximum Gasteiger partial charge on any atom is 0.408 e. The molecular formula is C28H37ClN2O3. The van der Waals surface area contributed by atoms with Gasteiger partial charge in [-0.25, -0.2) is 4.79 Å². The molecule has 184 valence electrons. The zero-order valence-corrected chi connectivity index (χ0v) is 21.5. The molecule has 1 aliphatic carbocycles. The summed E-state index contributed by atoms with van der Waals surface area (Å²) in [4.78, 5) is 27.1. The van der Waals surface area contributed by atoms with Gasteiger partial charge in [0.2, 0.25) is 5.91 Å². The van der Waals surface area contributed by atoms with Gasteiger partial charge in [-0.3, -0.25) is 4.79 Å². The van der Waals surface area contributed by atoms with Crippen LogP contribution in [-0.2, 0) is 16.0 Å². The highest BCUT2D eigenvalue weighted by molar-refractivity contribution is 6.30. The molecule has 1 N–H and O–H groups in total. The van der Waals surface area contributed by atoms with Gasteiger partial charge in [-0.2, -0.15) is 0 Å². The van der Waals surface area contributed by atoms with Crippen molar-refractivity contribution in [2.24, 2.45) is 5.92 Å². The van der Waals surface area contributed by atoms with E-state index in [9.17, 15) is 9.59 Å². The Kier molecular flexibility index (Phi) is 9.01. The van der Waals surface area contributed by atoms with E-state index in [4.69, 9.17) is 16.3 Å². The summed E-state index contributed by atoms with van der Waals surface area (Å²) in [7, 11) is 0. The van der Waals surface area contributed by atoms with Crippen LogP contribution in [0.25, 0.3) is 0 Å². The average molecular weight is 485 g/mol. The SMILES string of the molecule is CC(=O)N(CCc1ccccc1)C1CCC(C(NC(=O)OC(C)(C)C)c2cccc(Cl)c2)CC1. The molecule has 3 rings (SSSR count). The fourth-order valence-electron chi connectivity index (χ4n) is 4.85. The summed E-state index contributed by atoms with van der Waals surface area (Å²) in [6, 6.07) is 18.0. The maximum atomic E-state index is 12.6. The van der Waals surface area contributed by atoms with Gasteiger partial charge in [-0.1, -0.05) is 54.1 Å². The highest BCUT2D eigenvalue weighted by Crippen LogP contribution is 2.37. The Morgan fingerprint density at radius 1 is 1.06 bits per heavy atom. The van der Waals surface area contributed by atoms with Gasteiger partial charge < -0.3 is 15.0 Å².